The van der Waals surface area contributed by atoms with Crippen LogP contribution in [0.3, 0.4) is 0 Å². The zero-order chi connectivity index (χ0) is 24.6. The van der Waals surface area contributed by atoms with Gasteiger partial charge in [-0.05, 0) is 54.8 Å². The van der Waals surface area contributed by atoms with E-state index >= 15 is 4.39 Å². The first kappa shape index (κ1) is 23.2. The Kier molecular flexibility index (Phi) is 6.11. The van der Waals surface area contributed by atoms with Gasteiger partial charge in [-0.1, -0.05) is 43.2 Å². The summed E-state index contributed by atoms with van der Waals surface area (Å²) in [6, 6.07) is 12.4. The van der Waals surface area contributed by atoms with E-state index in [0.717, 1.165) is 40.6 Å². The SMILES string of the molecule is Cn1cc(-c2ccc(Cc3cc(C(=O)NC4CCCCC4(C)O)c(F)c4ccccc34)cn2)cn1. The lowest BCUT2D eigenvalue weighted by atomic mass is 9.81. The maximum Gasteiger partial charge on any atom is 0.254 e. The second-order valence-electron chi connectivity index (χ2n) is 9.70. The van der Waals surface area contributed by atoms with Crippen LogP contribution in [0.15, 0.2) is 61.1 Å². The van der Waals surface area contributed by atoms with Gasteiger partial charge >= 0.3 is 0 Å². The second-order valence-corrected chi connectivity index (χ2v) is 9.70. The Bertz CT molecular complexity index is 1380. The minimum absolute atomic E-state index is 0.0000118. The van der Waals surface area contributed by atoms with Gasteiger partial charge < -0.3 is 10.4 Å². The third kappa shape index (κ3) is 4.68. The molecule has 1 aliphatic rings. The fraction of sp³-hybridized carbons (Fsp3) is 0.321. The Labute approximate surface area is 203 Å². The number of carbonyl (C=O) groups is 1. The van der Waals surface area contributed by atoms with Crippen LogP contribution in [0.5, 0.6) is 0 Å². The van der Waals surface area contributed by atoms with Crippen LogP contribution in [0, 0.1) is 5.82 Å². The molecule has 2 aromatic carbocycles. The van der Waals surface area contributed by atoms with E-state index in [1.807, 2.05) is 37.5 Å². The average molecular weight is 473 g/mol. The number of aliphatic hydroxyl groups is 1. The fourth-order valence-corrected chi connectivity index (χ4v) is 4.98. The third-order valence-electron chi connectivity index (χ3n) is 7.01. The number of amides is 1. The number of aromatic nitrogens is 3. The van der Waals surface area contributed by atoms with Gasteiger partial charge in [0.2, 0.25) is 0 Å². The Morgan fingerprint density at radius 3 is 2.69 bits per heavy atom. The highest BCUT2D eigenvalue weighted by molar-refractivity contribution is 6.00. The molecule has 2 atom stereocenters. The minimum Gasteiger partial charge on any atom is -0.388 e. The van der Waals surface area contributed by atoms with Crippen LogP contribution < -0.4 is 5.32 Å². The lowest BCUT2D eigenvalue weighted by Gasteiger charge is -2.37. The Morgan fingerprint density at radius 1 is 1.20 bits per heavy atom. The average Bonchev–Trinajstić information content (AvgIpc) is 3.29. The molecule has 0 spiro atoms. The highest BCUT2D eigenvalue weighted by Gasteiger charge is 2.36. The van der Waals surface area contributed by atoms with Crippen LogP contribution >= 0.6 is 0 Å². The number of carbonyl (C=O) groups excluding carboxylic acids is 1. The summed E-state index contributed by atoms with van der Waals surface area (Å²) >= 11 is 0. The first-order chi connectivity index (χ1) is 16.8. The summed E-state index contributed by atoms with van der Waals surface area (Å²) in [6.45, 7) is 1.74. The van der Waals surface area contributed by atoms with Crippen molar-refractivity contribution in [3.05, 3.63) is 83.6 Å². The van der Waals surface area contributed by atoms with E-state index in [1.165, 1.54) is 0 Å². The molecule has 180 valence electrons. The zero-order valence-corrected chi connectivity index (χ0v) is 20.0. The third-order valence-corrected chi connectivity index (χ3v) is 7.01. The van der Waals surface area contributed by atoms with Gasteiger partial charge in [0, 0.05) is 30.4 Å². The molecular formula is C28H29FN4O2. The number of nitrogens with zero attached hydrogens (tertiary/aromatic N) is 3. The van der Waals surface area contributed by atoms with Gasteiger partial charge in [0.25, 0.3) is 5.91 Å². The van der Waals surface area contributed by atoms with Crippen molar-refractivity contribution in [1.29, 1.82) is 0 Å². The van der Waals surface area contributed by atoms with Gasteiger partial charge in [0.1, 0.15) is 5.82 Å². The monoisotopic (exact) mass is 472 g/mol. The maximum atomic E-state index is 15.5. The number of nitrogens with one attached hydrogen (secondary N) is 1. The molecule has 2 heterocycles. The molecule has 1 amide bonds. The lowest BCUT2D eigenvalue weighted by molar-refractivity contribution is -0.00866. The van der Waals surface area contributed by atoms with Crippen LogP contribution in [0.1, 0.15) is 54.1 Å². The van der Waals surface area contributed by atoms with E-state index in [2.05, 4.69) is 15.4 Å². The molecule has 0 radical (unpaired) electrons. The van der Waals surface area contributed by atoms with E-state index in [0.29, 0.717) is 24.6 Å². The van der Waals surface area contributed by atoms with Crippen molar-refractivity contribution in [3.63, 3.8) is 0 Å². The van der Waals surface area contributed by atoms with Crippen molar-refractivity contribution in [2.24, 2.45) is 7.05 Å². The molecule has 4 aromatic rings. The van der Waals surface area contributed by atoms with Crippen LogP contribution in [-0.2, 0) is 13.5 Å². The van der Waals surface area contributed by atoms with Crippen molar-refractivity contribution < 1.29 is 14.3 Å². The number of rotatable bonds is 5. The quantitative estimate of drug-likeness (QED) is 0.438. The van der Waals surface area contributed by atoms with Crippen LogP contribution in [-0.4, -0.2) is 37.4 Å². The van der Waals surface area contributed by atoms with Gasteiger partial charge in [0.05, 0.1) is 29.1 Å². The van der Waals surface area contributed by atoms with Gasteiger partial charge in [-0.2, -0.15) is 5.10 Å². The highest BCUT2D eigenvalue weighted by atomic mass is 19.1. The molecule has 0 aliphatic heterocycles. The van der Waals surface area contributed by atoms with Gasteiger partial charge in [-0.25, -0.2) is 4.39 Å². The summed E-state index contributed by atoms with van der Waals surface area (Å²) in [5.74, 6) is -1.03. The lowest BCUT2D eigenvalue weighted by Crippen LogP contribution is -2.52. The number of hydrogen-bond donors (Lipinski definition) is 2. The molecule has 1 fully saturated rings. The largest absolute Gasteiger partial charge is 0.388 e. The van der Waals surface area contributed by atoms with E-state index in [4.69, 9.17) is 0 Å². The topological polar surface area (TPSA) is 80.0 Å². The Morgan fingerprint density at radius 2 is 2.00 bits per heavy atom. The minimum atomic E-state index is -0.994. The molecular weight excluding hydrogens is 443 g/mol. The smallest absolute Gasteiger partial charge is 0.254 e. The van der Waals surface area contributed by atoms with E-state index < -0.39 is 23.4 Å². The van der Waals surface area contributed by atoms with Crippen molar-refractivity contribution in [2.75, 3.05) is 0 Å². The number of halogens is 1. The van der Waals surface area contributed by atoms with Crippen molar-refractivity contribution >= 4 is 16.7 Å². The second kappa shape index (κ2) is 9.23. The summed E-state index contributed by atoms with van der Waals surface area (Å²) in [7, 11) is 1.86. The number of hydrogen-bond acceptors (Lipinski definition) is 4. The van der Waals surface area contributed by atoms with E-state index in [9.17, 15) is 9.90 Å². The number of benzene rings is 2. The molecule has 35 heavy (non-hydrogen) atoms. The summed E-state index contributed by atoms with van der Waals surface area (Å²) < 4.78 is 17.2. The summed E-state index contributed by atoms with van der Waals surface area (Å²) in [5, 5.41) is 19.0. The summed E-state index contributed by atoms with van der Waals surface area (Å²) in [4.78, 5) is 17.8. The normalized spacial score (nSPS) is 20.2. The first-order valence-corrected chi connectivity index (χ1v) is 12.0. The zero-order valence-electron chi connectivity index (χ0n) is 20.0. The first-order valence-electron chi connectivity index (χ1n) is 12.0. The summed E-state index contributed by atoms with van der Waals surface area (Å²) in [6.07, 6.45) is 9.12. The number of pyridine rings is 1. The predicted octanol–water partition coefficient (Wildman–Crippen LogP) is 4.79. The van der Waals surface area contributed by atoms with Crippen LogP contribution in [0.4, 0.5) is 4.39 Å². The standard InChI is InChI=1S/C28H29FN4O2/c1-28(35)12-6-5-9-25(28)32-27(34)23-14-19(21-7-3-4-8-22(21)26(23)29)13-18-10-11-24(30-15-18)20-16-31-33(2)17-20/h3-4,7-8,10-11,14-17,25,35H,5-6,9,12-13H2,1-2H3,(H,32,34). The predicted molar refractivity (Wildman–Crippen MR) is 133 cm³/mol. The molecule has 2 aromatic heterocycles. The van der Waals surface area contributed by atoms with E-state index in [1.54, 1.807) is 42.2 Å². The highest BCUT2D eigenvalue weighted by Crippen LogP contribution is 2.30. The molecule has 1 aliphatic carbocycles. The molecule has 0 bridgehead atoms. The Balaban J connectivity index is 1.46. The fourth-order valence-electron chi connectivity index (χ4n) is 4.98. The number of fused-ring (bicyclic) bond motifs is 1. The van der Waals surface area contributed by atoms with Crippen LogP contribution in [0.2, 0.25) is 0 Å². The molecule has 2 N–H and O–H groups in total. The molecule has 0 saturated heterocycles. The molecule has 7 heteroatoms. The Hall–Kier alpha value is -3.58. The summed E-state index contributed by atoms with van der Waals surface area (Å²) in [5.41, 5.74) is 2.56. The maximum absolute atomic E-state index is 15.5. The number of aryl methyl sites for hydroxylation is 1. The van der Waals surface area contributed by atoms with Gasteiger partial charge in [-0.3, -0.25) is 14.5 Å². The van der Waals surface area contributed by atoms with Crippen molar-refractivity contribution in [1.82, 2.24) is 20.1 Å². The van der Waals surface area contributed by atoms with Gasteiger partial charge in [-0.15, -0.1) is 0 Å². The van der Waals surface area contributed by atoms with Gasteiger partial charge in [0.15, 0.2) is 0 Å². The van der Waals surface area contributed by atoms with E-state index in [-0.39, 0.29) is 5.56 Å². The van der Waals surface area contributed by atoms with Crippen LogP contribution in [0.25, 0.3) is 22.0 Å². The molecule has 6 nitrogen and oxygen atoms in total. The molecule has 5 rings (SSSR count). The molecule has 1 saturated carbocycles. The van der Waals surface area contributed by atoms with Crippen molar-refractivity contribution in [2.45, 2.75) is 50.7 Å². The molecule has 2 unspecified atom stereocenters. The van der Waals surface area contributed by atoms with Crippen molar-refractivity contribution in [3.8, 4) is 11.3 Å².